The van der Waals surface area contributed by atoms with Crippen LogP contribution in [0, 0.1) is 0 Å². The van der Waals surface area contributed by atoms with Gasteiger partial charge in [-0.05, 0) is 52.3 Å². The number of aromatic amines is 1. The molecule has 13 heteroatoms. The van der Waals surface area contributed by atoms with Gasteiger partial charge in [-0.15, -0.1) is 21.5 Å². The number of aromatic nitrogens is 6. The average Bonchev–Trinajstić information content (AvgIpc) is 3.68. The van der Waals surface area contributed by atoms with Crippen LogP contribution in [0.25, 0.3) is 11.4 Å². The van der Waals surface area contributed by atoms with Crippen LogP contribution in [0.4, 0.5) is 0 Å². The molecule has 3 N–H and O–H groups in total. The molecule has 1 aliphatic rings. The predicted octanol–water partition coefficient (Wildman–Crippen LogP) is 1.77. The average molecular weight is 518 g/mol. The van der Waals surface area contributed by atoms with Gasteiger partial charge in [0.05, 0.1) is 10.9 Å². The lowest BCUT2D eigenvalue weighted by atomic mass is 10.0. The molecule has 0 radical (unpaired) electrons. The van der Waals surface area contributed by atoms with Crippen molar-refractivity contribution in [3.05, 3.63) is 75.0 Å². The number of benzene rings is 1. The SMILES string of the molecule is CN(C)C(=O)c1cc(CNC(=O)c2cc(C(=O)N[C@@H]3CCc4cc(-c5nn[nH]n5)ccc43)ncn2)cs1. The minimum absolute atomic E-state index is 0.0801. The number of H-pyrrole nitrogens is 1. The van der Waals surface area contributed by atoms with E-state index in [-0.39, 0.29) is 35.8 Å². The minimum atomic E-state index is -0.441. The first-order chi connectivity index (χ1) is 17.9. The molecule has 0 bridgehead atoms. The molecule has 0 aliphatic heterocycles. The quantitative estimate of drug-likeness (QED) is 0.334. The molecule has 0 saturated carbocycles. The molecule has 1 atom stereocenters. The van der Waals surface area contributed by atoms with Crippen LogP contribution in [0.3, 0.4) is 0 Å². The second kappa shape index (κ2) is 10.2. The number of fused-ring (bicyclic) bond motifs is 1. The molecule has 0 fully saturated rings. The summed E-state index contributed by atoms with van der Waals surface area (Å²) >= 11 is 1.32. The van der Waals surface area contributed by atoms with Crippen molar-refractivity contribution in [1.82, 2.24) is 46.1 Å². The van der Waals surface area contributed by atoms with E-state index in [1.807, 2.05) is 23.6 Å². The summed E-state index contributed by atoms with van der Waals surface area (Å²) < 4.78 is 0. The number of thiophene rings is 1. The summed E-state index contributed by atoms with van der Waals surface area (Å²) in [5.41, 5.74) is 3.98. The molecule has 0 saturated heterocycles. The van der Waals surface area contributed by atoms with Crippen LogP contribution in [0.2, 0.25) is 0 Å². The van der Waals surface area contributed by atoms with E-state index < -0.39 is 5.91 Å². The highest BCUT2D eigenvalue weighted by Gasteiger charge is 2.26. The topological polar surface area (TPSA) is 159 Å². The summed E-state index contributed by atoms with van der Waals surface area (Å²) in [6.45, 7) is 0.228. The summed E-state index contributed by atoms with van der Waals surface area (Å²) in [7, 11) is 3.37. The number of aryl methyl sites for hydroxylation is 1. The molecular weight excluding hydrogens is 494 g/mol. The largest absolute Gasteiger partial charge is 0.347 e. The van der Waals surface area contributed by atoms with Crippen LogP contribution >= 0.6 is 11.3 Å². The lowest BCUT2D eigenvalue weighted by Crippen LogP contribution is -2.29. The Balaban J connectivity index is 1.21. The Hall–Kier alpha value is -4.52. The molecule has 3 heterocycles. The molecule has 12 nitrogen and oxygen atoms in total. The lowest BCUT2D eigenvalue weighted by Gasteiger charge is -2.14. The zero-order valence-electron chi connectivity index (χ0n) is 20.1. The Morgan fingerprint density at radius 1 is 1.11 bits per heavy atom. The summed E-state index contributed by atoms with van der Waals surface area (Å²) in [4.78, 5) is 47.8. The fourth-order valence-corrected chi connectivity index (χ4v) is 5.03. The first-order valence-electron chi connectivity index (χ1n) is 11.5. The number of carbonyl (C=O) groups is 3. The van der Waals surface area contributed by atoms with E-state index in [1.165, 1.54) is 28.6 Å². The molecule has 3 aromatic heterocycles. The number of tetrazole rings is 1. The maximum absolute atomic E-state index is 12.9. The molecule has 188 valence electrons. The van der Waals surface area contributed by atoms with Crippen molar-refractivity contribution in [2.75, 3.05) is 14.1 Å². The molecule has 1 aromatic carbocycles. The van der Waals surface area contributed by atoms with Gasteiger partial charge in [0.15, 0.2) is 0 Å². The van der Waals surface area contributed by atoms with Gasteiger partial charge in [0.2, 0.25) is 5.82 Å². The zero-order valence-corrected chi connectivity index (χ0v) is 20.9. The molecule has 0 unspecified atom stereocenters. The highest BCUT2D eigenvalue weighted by Crippen LogP contribution is 2.33. The van der Waals surface area contributed by atoms with Crippen LogP contribution < -0.4 is 10.6 Å². The van der Waals surface area contributed by atoms with Crippen molar-refractivity contribution in [2.45, 2.75) is 25.4 Å². The second-order valence-corrected chi connectivity index (χ2v) is 9.61. The number of carbonyl (C=O) groups excluding carboxylic acids is 3. The van der Waals surface area contributed by atoms with Gasteiger partial charge in [0, 0.05) is 32.3 Å². The summed E-state index contributed by atoms with van der Waals surface area (Å²) in [6.07, 6.45) is 2.74. The predicted molar refractivity (Wildman–Crippen MR) is 134 cm³/mol. The van der Waals surface area contributed by atoms with Gasteiger partial charge >= 0.3 is 0 Å². The lowest BCUT2D eigenvalue weighted by molar-refractivity contribution is 0.0831. The van der Waals surface area contributed by atoms with Crippen LogP contribution in [-0.4, -0.2) is 67.3 Å². The van der Waals surface area contributed by atoms with E-state index in [1.54, 1.807) is 20.2 Å². The number of amides is 3. The third kappa shape index (κ3) is 5.21. The number of nitrogens with one attached hydrogen (secondary N) is 3. The van der Waals surface area contributed by atoms with Crippen molar-refractivity contribution in [1.29, 1.82) is 0 Å². The van der Waals surface area contributed by atoms with Crippen molar-refractivity contribution in [3.8, 4) is 11.4 Å². The van der Waals surface area contributed by atoms with Gasteiger partial charge in [-0.2, -0.15) is 5.21 Å². The number of nitrogens with zero attached hydrogens (tertiary/aromatic N) is 6. The summed E-state index contributed by atoms with van der Waals surface area (Å²) in [5, 5.41) is 21.6. The highest BCUT2D eigenvalue weighted by atomic mass is 32.1. The van der Waals surface area contributed by atoms with Gasteiger partial charge in [-0.25, -0.2) is 9.97 Å². The van der Waals surface area contributed by atoms with Gasteiger partial charge in [-0.3, -0.25) is 14.4 Å². The number of hydrogen-bond donors (Lipinski definition) is 3. The Kier molecular flexibility index (Phi) is 6.68. The van der Waals surface area contributed by atoms with E-state index in [2.05, 4.69) is 41.2 Å². The molecule has 0 spiro atoms. The van der Waals surface area contributed by atoms with Crippen LogP contribution in [0.15, 0.2) is 42.0 Å². The zero-order chi connectivity index (χ0) is 25.9. The van der Waals surface area contributed by atoms with Crippen molar-refractivity contribution in [3.63, 3.8) is 0 Å². The van der Waals surface area contributed by atoms with Crippen molar-refractivity contribution >= 4 is 29.1 Å². The second-order valence-electron chi connectivity index (χ2n) is 8.70. The summed E-state index contributed by atoms with van der Waals surface area (Å²) in [6, 6.07) is 8.80. The third-order valence-corrected chi connectivity index (χ3v) is 6.95. The maximum atomic E-state index is 12.9. The first-order valence-corrected chi connectivity index (χ1v) is 12.3. The van der Waals surface area contributed by atoms with E-state index in [4.69, 9.17) is 0 Å². The van der Waals surface area contributed by atoms with Crippen LogP contribution in [0.5, 0.6) is 0 Å². The molecule has 5 rings (SSSR count). The van der Waals surface area contributed by atoms with Gasteiger partial charge in [0.25, 0.3) is 17.7 Å². The number of hydrogen-bond acceptors (Lipinski definition) is 9. The normalized spacial score (nSPS) is 14.2. The number of rotatable bonds is 7. The van der Waals surface area contributed by atoms with E-state index in [0.29, 0.717) is 10.7 Å². The monoisotopic (exact) mass is 517 g/mol. The van der Waals surface area contributed by atoms with E-state index in [9.17, 15) is 14.4 Å². The fraction of sp³-hybridized carbons (Fsp3) is 0.250. The first kappa shape index (κ1) is 24.2. The summed E-state index contributed by atoms with van der Waals surface area (Å²) in [5.74, 6) is -0.403. The Morgan fingerprint density at radius 2 is 1.92 bits per heavy atom. The van der Waals surface area contributed by atoms with Gasteiger partial charge in [-0.1, -0.05) is 12.1 Å². The van der Waals surface area contributed by atoms with E-state index in [0.717, 1.165) is 35.1 Å². The van der Waals surface area contributed by atoms with Crippen molar-refractivity contribution in [2.24, 2.45) is 0 Å². The van der Waals surface area contributed by atoms with Gasteiger partial charge in [0.1, 0.15) is 17.7 Å². The van der Waals surface area contributed by atoms with Crippen molar-refractivity contribution < 1.29 is 14.4 Å². The molecule has 1 aliphatic carbocycles. The minimum Gasteiger partial charge on any atom is -0.347 e. The fourth-order valence-electron chi connectivity index (χ4n) is 4.10. The standard InChI is InChI=1S/C24H23N9O3S/c1-33(2)24(36)20-7-13(11-37-20)10-25-22(34)18-9-19(27-12-26-18)23(35)28-17-6-4-14-8-15(3-5-16(14)17)21-29-31-32-30-21/h3,5,7-9,11-12,17H,4,6,10H2,1-2H3,(H,25,34)(H,28,35)(H,29,30,31,32)/t17-/m1/s1. The molecular formula is C24H23N9O3S. The molecule has 3 amide bonds. The van der Waals surface area contributed by atoms with E-state index >= 15 is 0 Å². The Labute approximate surface area is 215 Å². The Bertz CT molecular complexity index is 1470. The molecule has 37 heavy (non-hydrogen) atoms. The van der Waals surface area contributed by atoms with Crippen LogP contribution in [0.1, 0.15) is 59.8 Å². The highest BCUT2D eigenvalue weighted by molar-refractivity contribution is 7.12. The van der Waals surface area contributed by atoms with Crippen LogP contribution in [-0.2, 0) is 13.0 Å². The van der Waals surface area contributed by atoms with Gasteiger partial charge < -0.3 is 15.5 Å². The smallest absolute Gasteiger partial charge is 0.270 e. The molecule has 4 aromatic rings. The third-order valence-electron chi connectivity index (χ3n) is 5.99. The maximum Gasteiger partial charge on any atom is 0.270 e. The Morgan fingerprint density at radius 3 is 2.68 bits per heavy atom.